The minimum absolute atomic E-state index is 0.112. The van der Waals surface area contributed by atoms with Gasteiger partial charge in [-0.15, -0.1) is 11.3 Å². The lowest BCUT2D eigenvalue weighted by Gasteiger charge is -2.50. The van der Waals surface area contributed by atoms with E-state index in [0.29, 0.717) is 10.7 Å². The SMILES string of the molecule is Cc1nc(C)c(S(=O)(=O)N2CC[C@@H](C(F)(F)F)C3(CCOCC3)C2)s1. The molecule has 3 rings (SSSR count). The lowest BCUT2D eigenvalue weighted by Crippen LogP contribution is -2.56. The number of aromatic nitrogens is 1. The Bertz CT molecular complexity index is 740. The molecule has 142 valence electrons. The van der Waals surface area contributed by atoms with Crippen molar-refractivity contribution in [3.63, 3.8) is 0 Å². The second kappa shape index (κ2) is 6.47. The van der Waals surface area contributed by atoms with Crippen molar-refractivity contribution in [1.82, 2.24) is 9.29 Å². The molecule has 2 fully saturated rings. The highest BCUT2D eigenvalue weighted by atomic mass is 32.2. The van der Waals surface area contributed by atoms with Gasteiger partial charge in [-0.2, -0.15) is 17.5 Å². The highest BCUT2D eigenvalue weighted by molar-refractivity contribution is 7.91. The number of hydrogen-bond acceptors (Lipinski definition) is 5. The van der Waals surface area contributed by atoms with Crippen molar-refractivity contribution in [1.29, 1.82) is 0 Å². The number of ether oxygens (including phenoxy) is 1. The van der Waals surface area contributed by atoms with Crippen molar-refractivity contribution < 1.29 is 26.3 Å². The van der Waals surface area contributed by atoms with Crippen LogP contribution in [-0.2, 0) is 14.8 Å². The van der Waals surface area contributed by atoms with Gasteiger partial charge >= 0.3 is 6.18 Å². The van der Waals surface area contributed by atoms with Crippen LogP contribution >= 0.6 is 11.3 Å². The molecule has 1 spiro atoms. The summed E-state index contributed by atoms with van der Waals surface area (Å²) >= 11 is 1.07. The van der Waals surface area contributed by atoms with Gasteiger partial charge in [-0.05, 0) is 33.1 Å². The standard InChI is InChI=1S/C15H21F3N2O3S2/c1-10-13(24-11(2)19-10)25(21,22)20-6-3-12(15(16,17)18)14(9-20)4-7-23-8-5-14/h12H,3-9H2,1-2H3/t12-/m1/s1. The predicted molar refractivity (Wildman–Crippen MR) is 87.0 cm³/mol. The second-order valence-electron chi connectivity index (χ2n) is 6.80. The van der Waals surface area contributed by atoms with E-state index in [0.717, 1.165) is 11.3 Å². The van der Waals surface area contributed by atoms with Crippen molar-refractivity contribution in [2.75, 3.05) is 26.3 Å². The van der Waals surface area contributed by atoms with Gasteiger partial charge in [0.1, 0.15) is 0 Å². The van der Waals surface area contributed by atoms with E-state index in [4.69, 9.17) is 4.74 Å². The smallest absolute Gasteiger partial charge is 0.381 e. The minimum atomic E-state index is -4.33. The van der Waals surface area contributed by atoms with E-state index in [2.05, 4.69) is 4.98 Å². The van der Waals surface area contributed by atoms with Gasteiger partial charge in [0.2, 0.25) is 0 Å². The third kappa shape index (κ3) is 3.45. The van der Waals surface area contributed by atoms with E-state index >= 15 is 0 Å². The number of thiazole rings is 1. The monoisotopic (exact) mass is 398 g/mol. The lowest BCUT2D eigenvalue weighted by atomic mass is 9.66. The highest BCUT2D eigenvalue weighted by Crippen LogP contribution is 2.51. The molecule has 0 saturated carbocycles. The number of hydrogen-bond donors (Lipinski definition) is 0. The Labute approximate surface area is 149 Å². The zero-order chi connectivity index (χ0) is 18.5. The number of rotatable bonds is 2. The molecule has 0 bridgehead atoms. The van der Waals surface area contributed by atoms with Crippen LogP contribution < -0.4 is 0 Å². The summed E-state index contributed by atoms with van der Waals surface area (Å²) in [5, 5.41) is 0.627. The van der Waals surface area contributed by atoms with Crippen molar-refractivity contribution in [2.45, 2.75) is 43.5 Å². The Morgan fingerprint density at radius 3 is 2.44 bits per heavy atom. The van der Waals surface area contributed by atoms with Crippen LogP contribution in [0.1, 0.15) is 30.0 Å². The van der Waals surface area contributed by atoms with Crippen molar-refractivity contribution in [2.24, 2.45) is 11.3 Å². The van der Waals surface area contributed by atoms with Crippen molar-refractivity contribution >= 4 is 21.4 Å². The van der Waals surface area contributed by atoms with Crippen molar-refractivity contribution in [3.05, 3.63) is 10.7 Å². The number of sulfonamides is 1. The van der Waals surface area contributed by atoms with Gasteiger partial charge < -0.3 is 4.74 Å². The summed E-state index contributed by atoms with van der Waals surface area (Å²) in [6.45, 7) is 3.57. The summed E-state index contributed by atoms with van der Waals surface area (Å²) < 4.78 is 73.3. The van der Waals surface area contributed by atoms with Crippen LogP contribution in [0, 0.1) is 25.2 Å². The highest BCUT2D eigenvalue weighted by Gasteiger charge is 2.57. The number of piperidine rings is 1. The first-order valence-electron chi connectivity index (χ1n) is 8.15. The summed E-state index contributed by atoms with van der Waals surface area (Å²) in [6.07, 6.45) is -4.09. The molecule has 1 aromatic heterocycles. The fourth-order valence-electron chi connectivity index (χ4n) is 3.99. The number of aryl methyl sites for hydroxylation is 2. The first-order valence-corrected chi connectivity index (χ1v) is 10.4. The maximum Gasteiger partial charge on any atom is 0.392 e. The van der Waals surface area contributed by atoms with Gasteiger partial charge in [-0.25, -0.2) is 13.4 Å². The molecule has 0 unspecified atom stereocenters. The average Bonchev–Trinajstić information content (AvgIpc) is 2.86. The van der Waals surface area contributed by atoms with Gasteiger partial charge in [0.25, 0.3) is 10.0 Å². The lowest BCUT2D eigenvalue weighted by molar-refractivity contribution is -0.231. The summed E-state index contributed by atoms with van der Waals surface area (Å²) in [4.78, 5) is 4.14. The molecule has 10 heteroatoms. The van der Waals surface area contributed by atoms with Crippen LogP contribution in [0.15, 0.2) is 4.21 Å². The van der Waals surface area contributed by atoms with E-state index < -0.39 is 27.5 Å². The zero-order valence-electron chi connectivity index (χ0n) is 14.1. The van der Waals surface area contributed by atoms with Crippen LogP contribution in [0.4, 0.5) is 13.2 Å². The van der Waals surface area contributed by atoms with Crippen molar-refractivity contribution in [3.8, 4) is 0 Å². The molecule has 0 radical (unpaired) electrons. The van der Waals surface area contributed by atoms with Gasteiger partial charge in [0, 0.05) is 31.7 Å². The third-order valence-electron chi connectivity index (χ3n) is 5.22. The maximum absolute atomic E-state index is 13.6. The summed E-state index contributed by atoms with van der Waals surface area (Å²) in [7, 11) is -3.83. The molecule has 0 N–H and O–H groups in total. The fourth-order valence-corrected chi connectivity index (χ4v) is 7.16. The Hall–Kier alpha value is -0.710. The molecule has 2 aliphatic rings. The van der Waals surface area contributed by atoms with Crippen LogP contribution in [-0.4, -0.2) is 50.2 Å². The first kappa shape index (κ1) is 19.1. The van der Waals surface area contributed by atoms with Gasteiger partial charge in [0.05, 0.1) is 16.6 Å². The second-order valence-corrected chi connectivity index (χ2v) is 10.1. The molecule has 5 nitrogen and oxygen atoms in total. The minimum Gasteiger partial charge on any atom is -0.381 e. The van der Waals surface area contributed by atoms with Gasteiger partial charge in [-0.3, -0.25) is 0 Å². The molecule has 25 heavy (non-hydrogen) atoms. The maximum atomic E-state index is 13.6. The molecule has 0 aromatic carbocycles. The van der Waals surface area contributed by atoms with Gasteiger partial charge in [0.15, 0.2) is 4.21 Å². The molecule has 2 aliphatic heterocycles. The van der Waals surface area contributed by atoms with Crippen LogP contribution in [0.5, 0.6) is 0 Å². The summed E-state index contributed by atoms with van der Waals surface area (Å²) in [5.41, 5.74) is -0.698. The van der Waals surface area contributed by atoms with E-state index in [9.17, 15) is 21.6 Å². The normalized spacial score (nSPS) is 25.4. The van der Waals surface area contributed by atoms with E-state index in [1.165, 1.54) is 4.31 Å². The number of alkyl halides is 3. The van der Waals surface area contributed by atoms with E-state index in [1.54, 1.807) is 13.8 Å². The molecular weight excluding hydrogens is 377 g/mol. The topological polar surface area (TPSA) is 59.5 Å². The summed E-state index contributed by atoms with van der Waals surface area (Å²) in [5.74, 6) is -1.49. The first-order chi connectivity index (χ1) is 11.6. The number of nitrogens with zero attached hydrogens (tertiary/aromatic N) is 2. The molecule has 3 heterocycles. The molecule has 0 aliphatic carbocycles. The van der Waals surface area contributed by atoms with Crippen LogP contribution in [0.25, 0.3) is 0 Å². The molecule has 1 atom stereocenters. The summed E-state index contributed by atoms with van der Waals surface area (Å²) in [6, 6.07) is 0. The Morgan fingerprint density at radius 2 is 1.92 bits per heavy atom. The Balaban J connectivity index is 1.94. The predicted octanol–water partition coefficient (Wildman–Crippen LogP) is 3.13. The van der Waals surface area contributed by atoms with Crippen LogP contribution in [0.2, 0.25) is 0 Å². The van der Waals surface area contributed by atoms with E-state index in [1.807, 2.05) is 0 Å². The van der Waals surface area contributed by atoms with Crippen LogP contribution in [0.3, 0.4) is 0 Å². The molecular formula is C15H21F3N2O3S2. The average molecular weight is 398 g/mol. The molecule has 0 amide bonds. The van der Waals surface area contributed by atoms with E-state index in [-0.39, 0.29) is 49.8 Å². The molecule has 1 aromatic rings. The Morgan fingerprint density at radius 1 is 1.28 bits per heavy atom. The third-order valence-corrected chi connectivity index (χ3v) is 8.72. The zero-order valence-corrected chi connectivity index (χ0v) is 15.7. The number of halogens is 3. The largest absolute Gasteiger partial charge is 0.392 e. The molecule has 2 saturated heterocycles. The fraction of sp³-hybridized carbons (Fsp3) is 0.800. The van der Waals surface area contributed by atoms with Gasteiger partial charge in [-0.1, -0.05) is 0 Å². The quantitative estimate of drug-likeness (QED) is 0.768. The Kier molecular flexibility index (Phi) is 4.93.